The summed E-state index contributed by atoms with van der Waals surface area (Å²) in [5.41, 5.74) is 3.31. The van der Waals surface area contributed by atoms with Gasteiger partial charge >= 0.3 is 0 Å². The number of aromatic amines is 2. The number of aromatic nitrogens is 2. The Kier molecular flexibility index (Phi) is 4.37. The maximum Gasteiger partial charge on any atom is 0.166 e. The SMILES string of the molecule is O=Cc1cc(C(c2c[nH]c(C=O)c2)c2c(Cl)cccc2Cl)c[nH]1. The lowest BCUT2D eigenvalue weighted by molar-refractivity contribution is 0.111. The van der Waals surface area contributed by atoms with Crippen LogP contribution in [0.5, 0.6) is 0 Å². The molecular weight excluding hydrogens is 335 g/mol. The molecule has 0 bridgehead atoms. The zero-order valence-corrected chi connectivity index (χ0v) is 13.4. The van der Waals surface area contributed by atoms with Gasteiger partial charge in [-0.25, -0.2) is 0 Å². The third-order valence-electron chi connectivity index (χ3n) is 3.66. The lowest BCUT2D eigenvalue weighted by Crippen LogP contribution is -2.03. The Morgan fingerprint density at radius 2 is 1.35 bits per heavy atom. The quantitative estimate of drug-likeness (QED) is 0.670. The Morgan fingerprint density at radius 3 is 1.74 bits per heavy atom. The molecule has 3 rings (SSSR count). The number of aldehydes is 2. The van der Waals surface area contributed by atoms with Crippen LogP contribution in [0.4, 0.5) is 0 Å². The van der Waals surface area contributed by atoms with Crippen LogP contribution in [0, 0.1) is 0 Å². The first-order valence-corrected chi connectivity index (χ1v) is 7.60. The van der Waals surface area contributed by atoms with Crippen LogP contribution in [-0.4, -0.2) is 22.5 Å². The van der Waals surface area contributed by atoms with E-state index in [9.17, 15) is 9.59 Å². The number of nitrogens with one attached hydrogen (secondary N) is 2. The Morgan fingerprint density at radius 1 is 0.870 bits per heavy atom. The summed E-state index contributed by atoms with van der Waals surface area (Å²) in [6.07, 6.45) is 4.95. The van der Waals surface area contributed by atoms with Crippen molar-refractivity contribution in [3.05, 3.63) is 80.8 Å². The fourth-order valence-electron chi connectivity index (χ4n) is 2.64. The van der Waals surface area contributed by atoms with E-state index < -0.39 is 0 Å². The van der Waals surface area contributed by atoms with Gasteiger partial charge in [0, 0.05) is 33.9 Å². The van der Waals surface area contributed by atoms with Crippen LogP contribution in [0.3, 0.4) is 0 Å². The average molecular weight is 347 g/mol. The molecule has 6 heteroatoms. The van der Waals surface area contributed by atoms with Crippen molar-refractivity contribution in [2.24, 2.45) is 0 Å². The number of benzene rings is 1. The van der Waals surface area contributed by atoms with Crippen molar-refractivity contribution in [3.63, 3.8) is 0 Å². The minimum Gasteiger partial charge on any atom is -0.359 e. The number of hydrogen-bond acceptors (Lipinski definition) is 2. The maximum atomic E-state index is 11.0. The molecule has 0 atom stereocenters. The van der Waals surface area contributed by atoms with E-state index in [0.717, 1.165) is 29.3 Å². The van der Waals surface area contributed by atoms with E-state index >= 15 is 0 Å². The monoisotopic (exact) mass is 346 g/mol. The van der Waals surface area contributed by atoms with E-state index in [2.05, 4.69) is 9.97 Å². The highest BCUT2D eigenvalue weighted by atomic mass is 35.5. The lowest BCUT2D eigenvalue weighted by atomic mass is 9.87. The molecule has 0 saturated carbocycles. The van der Waals surface area contributed by atoms with Gasteiger partial charge in [-0.3, -0.25) is 9.59 Å². The van der Waals surface area contributed by atoms with Gasteiger partial charge in [0.25, 0.3) is 0 Å². The molecule has 2 heterocycles. The number of hydrogen-bond donors (Lipinski definition) is 2. The molecule has 1 aromatic carbocycles. The summed E-state index contributed by atoms with van der Waals surface area (Å²) in [7, 11) is 0. The summed E-state index contributed by atoms with van der Waals surface area (Å²) in [5.74, 6) is -0.300. The summed E-state index contributed by atoms with van der Waals surface area (Å²) in [4.78, 5) is 27.7. The molecule has 3 aromatic rings. The fraction of sp³-hybridized carbons (Fsp3) is 0.0588. The van der Waals surface area contributed by atoms with Crippen LogP contribution in [0.25, 0.3) is 0 Å². The molecule has 0 aliphatic heterocycles. The molecule has 0 unspecified atom stereocenters. The number of H-pyrrole nitrogens is 2. The van der Waals surface area contributed by atoms with Gasteiger partial charge in [-0.1, -0.05) is 29.3 Å². The van der Waals surface area contributed by atoms with Gasteiger partial charge < -0.3 is 9.97 Å². The van der Waals surface area contributed by atoms with E-state index in [-0.39, 0.29) is 5.92 Å². The molecule has 2 N–H and O–H groups in total. The highest BCUT2D eigenvalue weighted by Crippen LogP contribution is 2.40. The van der Waals surface area contributed by atoms with Gasteiger partial charge in [0.1, 0.15) is 0 Å². The fourth-order valence-corrected chi connectivity index (χ4v) is 3.26. The second-order valence-corrected chi connectivity index (χ2v) is 5.90. The first-order chi connectivity index (χ1) is 11.1. The first kappa shape index (κ1) is 15.6. The van der Waals surface area contributed by atoms with E-state index in [1.807, 2.05) is 0 Å². The van der Waals surface area contributed by atoms with Crippen molar-refractivity contribution in [1.82, 2.24) is 9.97 Å². The third kappa shape index (κ3) is 2.96. The number of halogens is 2. The summed E-state index contributed by atoms with van der Waals surface area (Å²) < 4.78 is 0. The standard InChI is InChI=1S/C17H12Cl2N2O2/c18-14-2-1-3-15(19)17(14)16(10-4-12(8-22)20-6-10)11-5-13(9-23)21-7-11/h1-9,16,20-21H. The second-order valence-electron chi connectivity index (χ2n) is 5.08. The normalized spacial score (nSPS) is 10.9. The summed E-state index contributed by atoms with van der Waals surface area (Å²) in [6, 6.07) is 8.77. The molecule has 116 valence electrons. The Balaban J connectivity index is 2.20. The summed E-state index contributed by atoms with van der Waals surface area (Å²) >= 11 is 12.7. The molecule has 0 fully saturated rings. The molecule has 0 aliphatic carbocycles. The second kappa shape index (κ2) is 6.44. The smallest absolute Gasteiger partial charge is 0.166 e. The molecule has 0 spiro atoms. The van der Waals surface area contributed by atoms with Crippen molar-refractivity contribution in [3.8, 4) is 0 Å². The third-order valence-corrected chi connectivity index (χ3v) is 4.32. The van der Waals surface area contributed by atoms with Gasteiger partial charge in [-0.15, -0.1) is 0 Å². The number of rotatable bonds is 5. The molecule has 4 nitrogen and oxygen atoms in total. The molecule has 23 heavy (non-hydrogen) atoms. The molecular formula is C17H12Cl2N2O2. The highest BCUT2D eigenvalue weighted by Gasteiger charge is 2.24. The Labute approximate surface area is 142 Å². The number of carbonyl (C=O) groups excluding carboxylic acids is 2. The van der Waals surface area contributed by atoms with Crippen molar-refractivity contribution >= 4 is 35.8 Å². The first-order valence-electron chi connectivity index (χ1n) is 6.85. The van der Waals surface area contributed by atoms with E-state index in [1.165, 1.54) is 0 Å². The zero-order chi connectivity index (χ0) is 16.4. The predicted octanol–water partition coefficient (Wildman–Crippen LogP) is 4.45. The van der Waals surface area contributed by atoms with Crippen LogP contribution < -0.4 is 0 Å². The van der Waals surface area contributed by atoms with Crippen molar-refractivity contribution in [2.75, 3.05) is 0 Å². The Bertz CT molecular complexity index is 801. The molecule has 0 amide bonds. The predicted molar refractivity (Wildman–Crippen MR) is 89.8 cm³/mol. The zero-order valence-electron chi connectivity index (χ0n) is 11.8. The molecule has 0 aliphatic rings. The van der Waals surface area contributed by atoms with Crippen molar-refractivity contribution in [2.45, 2.75) is 5.92 Å². The van der Waals surface area contributed by atoms with Gasteiger partial charge in [0.2, 0.25) is 0 Å². The molecule has 0 radical (unpaired) electrons. The average Bonchev–Trinajstić information content (AvgIpc) is 3.20. The van der Waals surface area contributed by atoms with Gasteiger partial charge in [0.05, 0.1) is 11.4 Å². The van der Waals surface area contributed by atoms with E-state index in [4.69, 9.17) is 23.2 Å². The minimum absolute atomic E-state index is 0.300. The minimum atomic E-state index is -0.300. The van der Waals surface area contributed by atoms with Crippen LogP contribution in [0.2, 0.25) is 10.0 Å². The van der Waals surface area contributed by atoms with Gasteiger partial charge in [-0.2, -0.15) is 0 Å². The molecule has 2 aromatic heterocycles. The van der Waals surface area contributed by atoms with Crippen molar-refractivity contribution < 1.29 is 9.59 Å². The van der Waals surface area contributed by atoms with E-state index in [1.54, 1.807) is 42.7 Å². The summed E-state index contributed by atoms with van der Waals surface area (Å²) in [5, 5.41) is 1.04. The lowest BCUT2D eigenvalue weighted by Gasteiger charge is -2.18. The van der Waals surface area contributed by atoms with Crippen LogP contribution in [-0.2, 0) is 0 Å². The number of carbonyl (C=O) groups is 2. The maximum absolute atomic E-state index is 11.0. The Hall–Kier alpha value is -2.30. The van der Waals surface area contributed by atoms with E-state index in [0.29, 0.717) is 21.4 Å². The van der Waals surface area contributed by atoms with Gasteiger partial charge in [-0.05, 0) is 35.4 Å². The van der Waals surface area contributed by atoms with Gasteiger partial charge in [0.15, 0.2) is 12.6 Å². The summed E-state index contributed by atoms with van der Waals surface area (Å²) in [6.45, 7) is 0. The van der Waals surface area contributed by atoms with Crippen LogP contribution >= 0.6 is 23.2 Å². The largest absolute Gasteiger partial charge is 0.359 e. The molecule has 0 saturated heterocycles. The van der Waals surface area contributed by atoms with Crippen LogP contribution in [0.1, 0.15) is 43.6 Å². The highest BCUT2D eigenvalue weighted by molar-refractivity contribution is 6.36. The van der Waals surface area contributed by atoms with Crippen LogP contribution in [0.15, 0.2) is 42.7 Å². The topological polar surface area (TPSA) is 65.7 Å². The van der Waals surface area contributed by atoms with Crippen molar-refractivity contribution in [1.29, 1.82) is 0 Å².